The number of aryl methyl sites for hydroxylation is 1. The summed E-state index contributed by atoms with van der Waals surface area (Å²) in [4.78, 5) is 28.9. The van der Waals surface area contributed by atoms with E-state index in [-0.39, 0.29) is 18.4 Å². The largest absolute Gasteiger partial charge is 0.356 e. The summed E-state index contributed by atoms with van der Waals surface area (Å²) in [5.74, 6) is -0.624. The van der Waals surface area contributed by atoms with Gasteiger partial charge in [0.1, 0.15) is 0 Å². The average molecular weight is 505 g/mol. The highest BCUT2D eigenvalue weighted by Crippen LogP contribution is 2.27. The summed E-state index contributed by atoms with van der Waals surface area (Å²) < 4.78 is 1.78. The summed E-state index contributed by atoms with van der Waals surface area (Å²) in [6.45, 7) is 12.4. The van der Waals surface area contributed by atoms with Gasteiger partial charge in [-0.3, -0.25) is 9.59 Å². The van der Waals surface area contributed by atoms with Gasteiger partial charge in [-0.05, 0) is 36.6 Å². The summed E-state index contributed by atoms with van der Waals surface area (Å²) in [6.07, 6.45) is 11.9. The third-order valence-electron chi connectivity index (χ3n) is 5.11. The lowest BCUT2D eigenvalue weighted by atomic mass is 10.0. The fourth-order valence-electron chi connectivity index (χ4n) is 3.31. The number of carbonyl (C=O) groups is 2. The molecule has 0 saturated carbocycles. The van der Waals surface area contributed by atoms with Crippen LogP contribution in [0.4, 0.5) is 5.13 Å². The molecular weight excluding hydrogens is 468 g/mol. The van der Waals surface area contributed by atoms with Crippen molar-refractivity contribution >= 4 is 33.9 Å². The van der Waals surface area contributed by atoms with Crippen molar-refractivity contribution in [3.63, 3.8) is 0 Å². The van der Waals surface area contributed by atoms with Crippen LogP contribution in [-0.4, -0.2) is 27.9 Å². The van der Waals surface area contributed by atoms with Gasteiger partial charge < -0.3 is 15.2 Å². The van der Waals surface area contributed by atoms with Gasteiger partial charge in [0.05, 0.1) is 17.8 Å². The van der Waals surface area contributed by atoms with Crippen LogP contribution >= 0.6 is 11.3 Å². The quantitative estimate of drug-likeness (QED) is 0.296. The molecule has 2 heterocycles. The summed E-state index contributed by atoms with van der Waals surface area (Å²) in [5.41, 5.74) is 5.50. The van der Waals surface area contributed by atoms with Crippen molar-refractivity contribution in [2.24, 2.45) is 7.05 Å². The number of nitrogens with one attached hydrogen (secondary N) is 2. The number of amides is 2. The lowest BCUT2D eigenvalue weighted by molar-refractivity contribution is -0.115. The number of allylic oxidation sites excluding steroid dienone is 5. The molecule has 0 atom stereocenters. The van der Waals surface area contributed by atoms with Crippen molar-refractivity contribution in [3.05, 3.63) is 89.6 Å². The maximum absolute atomic E-state index is 12.2. The molecule has 0 aliphatic rings. The predicted molar refractivity (Wildman–Crippen MR) is 152 cm³/mol. The predicted octanol–water partition coefficient (Wildman–Crippen LogP) is 6.86. The van der Waals surface area contributed by atoms with E-state index in [4.69, 9.17) is 0 Å². The Morgan fingerprint density at radius 3 is 2.67 bits per heavy atom. The number of carbonyl (C=O) groups excluding carboxylic acids is 2. The van der Waals surface area contributed by atoms with Gasteiger partial charge in [-0.15, -0.1) is 11.3 Å². The Balaban J connectivity index is 0.00000222. The monoisotopic (exact) mass is 504 g/mol. The highest BCUT2D eigenvalue weighted by Gasteiger charge is 2.12. The normalized spacial score (nSPS) is 11.1. The molecule has 7 heteroatoms. The van der Waals surface area contributed by atoms with Gasteiger partial charge in [-0.25, -0.2) is 4.98 Å². The van der Waals surface area contributed by atoms with E-state index < -0.39 is 0 Å². The van der Waals surface area contributed by atoms with E-state index in [1.807, 2.05) is 62.7 Å². The Bertz CT molecular complexity index is 1230. The van der Waals surface area contributed by atoms with Crippen LogP contribution in [0.3, 0.4) is 0 Å². The SMILES string of the molecule is C=C(/C=C\C=C(\C)CCC)c1cccc(-c2csc(NC(=O)CNC(=O)c3ccn(C)c3)n2)c1.CC. The molecule has 0 bridgehead atoms. The Labute approximate surface area is 218 Å². The highest BCUT2D eigenvalue weighted by atomic mass is 32.1. The van der Waals surface area contributed by atoms with Crippen LogP contribution in [0.15, 0.2) is 78.5 Å². The molecule has 0 radical (unpaired) electrons. The summed E-state index contributed by atoms with van der Waals surface area (Å²) in [5, 5.41) is 7.73. The number of anilines is 1. The molecule has 3 rings (SSSR count). The second-order valence-corrected chi connectivity index (χ2v) is 8.92. The zero-order valence-corrected chi connectivity index (χ0v) is 22.6. The summed E-state index contributed by atoms with van der Waals surface area (Å²) in [6, 6.07) is 9.70. The molecule has 0 saturated heterocycles. The molecule has 2 N–H and O–H groups in total. The number of hydrogen-bond acceptors (Lipinski definition) is 4. The van der Waals surface area contributed by atoms with Gasteiger partial charge in [0, 0.05) is 30.4 Å². The molecular formula is C29H36N4O2S. The third kappa shape index (κ3) is 8.82. The van der Waals surface area contributed by atoms with Crippen molar-refractivity contribution in [2.75, 3.05) is 11.9 Å². The van der Waals surface area contributed by atoms with Crippen molar-refractivity contribution < 1.29 is 9.59 Å². The molecule has 190 valence electrons. The minimum absolute atomic E-state index is 0.129. The molecule has 6 nitrogen and oxygen atoms in total. The van der Waals surface area contributed by atoms with Gasteiger partial charge in [-0.2, -0.15) is 0 Å². The van der Waals surface area contributed by atoms with Crippen LogP contribution in [0.25, 0.3) is 16.8 Å². The number of hydrogen-bond donors (Lipinski definition) is 2. The first-order valence-electron chi connectivity index (χ1n) is 12.1. The molecule has 3 aromatic rings. The summed E-state index contributed by atoms with van der Waals surface area (Å²) in [7, 11) is 1.83. The zero-order chi connectivity index (χ0) is 26.5. The molecule has 36 heavy (non-hydrogen) atoms. The van der Waals surface area contributed by atoms with Crippen LogP contribution in [0.5, 0.6) is 0 Å². The Hall–Kier alpha value is -3.71. The van der Waals surface area contributed by atoms with E-state index >= 15 is 0 Å². The van der Waals surface area contributed by atoms with Gasteiger partial charge in [-0.1, -0.05) is 75.8 Å². The molecule has 0 aliphatic carbocycles. The Morgan fingerprint density at radius 2 is 1.97 bits per heavy atom. The number of nitrogens with zero attached hydrogens (tertiary/aromatic N) is 2. The second kappa shape index (κ2) is 14.6. The minimum atomic E-state index is -0.330. The lowest BCUT2D eigenvalue weighted by Crippen LogP contribution is -2.32. The number of aromatic nitrogens is 2. The zero-order valence-electron chi connectivity index (χ0n) is 21.8. The van der Waals surface area contributed by atoms with Crippen molar-refractivity contribution in [1.29, 1.82) is 0 Å². The smallest absolute Gasteiger partial charge is 0.253 e. The molecule has 0 unspecified atom stereocenters. The maximum Gasteiger partial charge on any atom is 0.253 e. The van der Waals surface area contributed by atoms with Gasteiger partial charge in [0.25, 0.3) is 5.91 Å². The third-order valence-corrected chi connectivity index (χ3v) is 5.86. The van der Waals surface area contributed by atoms with Gasteiger partial charge in [0.2, 0.25) is 5.91 Å². The molecule has 2 amide bonds. The van der Waals surface area contributed by atoms with Gasteiger partial charge in [0.15, 0.2) is 5.13 Å². The first-order chi connectivity index (χ1) is 17.4. The fraction of sp³-hybridized carbons (Fsp3) is 0.276. The van der Waals surface area contributed by atoms with Crippen LogP contribution < -0.4 is 10.6 Å². The molecule has 1 aromatic carbocycles. The van der Waals surface area contributed by atoms with E-state index in [1.54, 1.807) is 23.0 Å². The fourth-order valence-corrected chi connectivity index (χ4v) is 4.04. The Morgan fingerprint density at radius 1 is 1.19 bits per heavy atom. The first kappa shape index (κ1) is 28.5. The standard InChI is InChI=1S/C27H30N4O2S.C2H6/c1-5-8-19(2)9-6-10-20(3)21-11-7-12-22(15-21)24-18-34-27(29-24)30-25(32)16-28-26(33)23-13-14-31(4)17-23;1-2/h6-7,9-15,17-18H,3,5,8,16H2,1-2,4H3,(H,28,33)(H,29,30,32);1-2H3/b10-6-,19-9-;. The molecule has 0 spiro atoms. The van der Waals surface area contributed by atoms with E-state index in [9.17, 15) is 9.59 Å². The molecule has 2 aromatic heterocycles. The summed E-state index contributed by atoms with van der Waals surface area (Å²) >= 11 is 1.34. The molecule has 0 aliphatic heterocycles. The minimum Gasteiger partial charge on any atom is -0.356 e. The average Bonchev–Trinajstić information content (AvgIpc) is 3.53. The Kier molecular flexibility index (Phi) is 11.6. The topological polar surface area (TPSA) is 76.0 Å². The van der Waals surface area contributed by atoms with Gasteiger partial charge >= 0.3 is 0 Å². The van der Waals surface area contributed by atoms with Crippen LogP contribution in [0, 0.1) is 0 Å². The van der Waals surface area contributed by atoms with Crippen LogP contribution in [0.2, 0.25) is 0 Å². The van der Waals surface area contributed by atoms with E-state index in [0.29, 0.717) is 10.7 Å². The number of thiazole rings is 1. The maximum atomic E-state index is 12.2. The van der Waals surface area contributed by atoms with Crippen LogP contribution in [0.1, 0.15) is 56.5 Å². The van der Waals surface area contributed by atoms with E-state index in [0.717, 1.165) is 35.2 Å². The number of rotatable bonds is 10. The van der Waals surface area contributed by atoms with Crippen molar-refractivity contribution in [1.82, 2.24) is 14.9 Å². The van der Waals surface area contributed by atoms with Crippen LogP contribution in [-0.2, 0) is 11.8 Å². The number of benzene rings is 1. The lowest BCUT2D eigenvalue weighted by Gasteiger charge is -2.04. The molecule has 0 fully saturated rings. The van der Waals surface area contributed by atoms with Crippen molar-refractivity contribution in [2.45, 2.75) is 40.5 Å². The van der Waals surface area contributed by atoms with Crippen molar-refractivity contribution in [3.8, 4) is 11.3 Å². The van der Waals surface area contributed by atoms with E-state index in [1.165, 1.54) is 16.9 Å². The second-order valence-electron chi connectivity index (χ2n) is 8.06. The first-order valence-corrected chi connectivity index (χ1v) is 13.0. The van der Waals surface area contributed by atoms with E-state index in [2.05, 4.69) is 42.1 Å². The highest BCUT2D eigenvalue weighted by molar-refractivity contribution is 7.14.